The van der Waals surface area contributed by atoms with Crippen LogP contribution >= 0.6 is 11.3 Å². The lowest BCUT2D eigenvalue weighted by Gasteiger charge is -2.17. The first kappa shape index (κ1) is 12.4. The summed E-state index contributed by atoms with van der Waals surface area (Å²) in [5.74, 6) is 0.885. The molecular weight excluding hydrogens is 204 g/mol. The molecule has 0 amide bonds. The van der Waals surface area contributed by atoms with Gasteiger partial charge in [-0.3, -0.25) is 4.79 Å². The van der Waals surface area contributed by atoms with Crippen molar-refractivity contribution < 1.29 is 4.79 Å². The van der Waals surface area contributed by atoms with Crippen molar-refractivity contribution in [3.05, 3.63) is 21.9 Å². The molecule has 15 heavy (non-hydrogen) atoms. The predicted molar refractivity (Wildman–Crippen MR) is 66.6 cm³/mol. The van der Waals surface area contributed by atoms with Gasteiger partial charge < -0.3 is 0 Å². The molecule has 0 saturated carbocycles. The molecule has 0 aliphatic heterocycles. The lowest BCUT2D eigenvalue weighted by molar-refractivity contribution is -0.121. The first-order valence-corrected chi connectivity index (χ1v) is 6.53. The summed E-state index contributed by atoms with van der Waals surface area (Å²) in [5, 5.41) is 0. The SMILES string of the molecule is CCC(=O)C(c1ccc(CC)s1)C(C)C. The van der Waals surface area contributed by atoms with Crippen LogP contribution in [0.4, 0.5) is 0 Å². The number of Topliss-reactive ketones (excluding diaryl/α,β-unsaturated/α-hetero) is 1. The highest BCUT2D eigenvalue weighted by molar-refractivity contribution is 7.12. The second-order valence-electron chi connectivity index (χ2n) is 4.20. The second-order valence-corrected chi connectivity index (χ2v) is 5.40. The number of carbonyl (C=O) groups is 1. The molecule has 0 radical (unpaired) electrons. The maximum absolute atomic E-state index is 11.9. The molecule has 0 N–H and O–H groups in total. The summed E-state index contributed by atoms with van der Waals surface area (Å²) in [6.07, 6.45) is 1.71. The average Bonchev–Trinajstić information content (AvgIpc) is 2.65. The number of rotatable bonds is 5. The number of ketones is 1. The van der Waals surface area contributed by atoms with Gasteiger partial charge in [0.15, 0.2) is 0 Å². The fourth-order valence-electron chi connectivity index (χ4n) is 1.83. The van der Waals surface area contributed by atoms with Crippen LogP contribution in [0.3, 0.4) is 0 Å². The van der Waals surface area contributed by atoms with Gasteiger partial charge in [0.1, 0.15) is 5.78 Å². The topological polar surface area (TPSA) is 17.1 Å². The zero-order valence-corrected chi connectivity index (χ0v) is 10.9. The summed E-state index contributed by atoms with van der Waals surface area (Å²) < 4.78 is 0. The van der Waals surface area contributed by atoms with Crippen LogP contribution < -0.4 is 0 Å². The summed E-state index contributed by atoms with van der Waals surface area (Å²) >= 11 is 1.79. The van der Waals surface area contributed by atoms with E-state index in [1.165, 1.54) is 9.75 Å². The van der Waals surface area contributed by atoms with E-state index in [0.717, 1.165) is 6.42 Å². The van der Waals surface area contributed by atoms with Crippen molar-refractivity contribution >= 4 is 17.1 Å². The number of carbonyl (C=O) groups excluding carboxylic acids is 1. The Morgan fingerprint density at radius 3 is 2.40 bits per heavy atom. The van der Waals surface area contributed by atoms with Gasteiger partial charge in [0.05, 0.1) is 5.92 Å². The van der Waals surface area contributed by atoms with Gasteiger partial charge in [-0.2, -0.15) is 0 Å². The van der Waals surface area contributed by atoms with E-state index in [0.29, 0.717) is 18.1 Å². The minimum Gasteiger partial charge on any atom is -0.299 e. The van der Waals surface area contributed by atoms with Crippen LogP contribution in [-0.4, -0.2) is 5.78 Å². The van der Waals surface area contributed by atoms with E-state index in [4.69, 9.17) is 0 Å². The number of thiophene rings is 1. The molecule has 2 heteroatoms. The molecule has 0 fully saturated rings. The highest BCUT2D eigenvalue weighted by Gasteiger charge is 2.23. The highest BCUT2D eigenvalue weighted by Crippen LogP contribution is 2.32. The largest absolute Gasteiger partial charge is 0.299 e. The zero-order chi connectivity index (χ0) is 11.4. The predicted octanol–water partition coefficient (Wildman–Crippen LogP) is 4.03. The zero-order valence-electron chi connectivity index (χ0n) is 10.0. The number of aryl methyl sites for hydroxylation is 1. The van der Waals surface area contributed by atoms with Crippen molar-refractivity contribution in [3.8, 4) is 0 Å². The lowest BCUT2D eigenvalue weighted by Crippen LogP contribution is -2.16. The Kier molecular flexibility index (Phi) is 4.52. The van der Waals surface area contributed by atoms with Gasteiger partial charge in [-0.15, -0.1) is 11.3 Å². The van der Waals surface area contributed by atoms with Crippen molar-refractivity contribution in [2.75, 3.05) is 0 Å². The number of hydrogen-bond acceptors (Lipinski definition) is 2. The molecule has 1 atom stereocenters. The Hall–Kier alpha value is -0.630. The molecule has 1 nitrogen and oxygen atoms in total. The van der Waals surface area contributed by atoms with E-state index in [-0.39, 0.29) is 5.92 Å². The molecule has 0 aromatic carbocycles. The molecule has 1 unspecified atom stereocenters. The van der Waals surface area contributed by atoms with Crippen LogP contribution in [0.1, 0.15) is 49.8 Å². The summed E-state index contributed by atoms with van der Waals surface area (Å²) in [6, 6.07) is 4.28. The quantitative estimate of drug-likeness (QED) is 0.738. The summed E-state index contributed by atoms with van der Waals surface area (Å²) in [5.41, 5.74) is 0. The summed E-state index contributed by atoms with van der Waals surface area (Å²) in [7, 11) is 0. The van der Waals surface area contributed by atoms with Gasteiger partial charge in [0, 0.05) is 16.2 Å². The molecule has 0 aliphatic carbocycles. The minimum absolute atomic E-state index is 0.111. The molecule has 1 heterocycles. The first-order chi connectivity index (χ1) is 7.10. The molecule has 0 bridgehead atoms. The second kappa shape index (κ2) is 5.45. The van der Waals surface area contributed by atoms with Crippen LogP contribution in [0, 0.1) is 5.92 Å². The Morgan fingerprint density at radius 1 is 1.33 bits per heavy atom. The van der Waals surface area contributed by atoms with Crippen LogP contribution in [0.25, 0.3) is 0 Å². The van der Waals surface area contributed by atoms with Crippen LogP contribution in [0.5, 0.6) is 0 Å². The maximum atomic E-state index is 11.9. The van der Waals surface area contributed by atoms with Crippen molar-refractivity contribution in [2.45, 2.75) is 46.5 Å². The Balaban J connectivity index is 2.93. The molecule has 0 saturated heterocycles. The van der Waals surface area contributed by atoms with E-state index in [2.05, 4.69) is 32.9 Å². The fourth-order valence-corrected chi connectivity index (χ4v) is 3.08. The minimum atomic E-state index is 0.111. The standard InChI is InChI=1S/C13H20OS/c1-5-10-7-8-12(15-10)13(9(3)4)11(14)6-2/h7-9,13H,5-6H2,1-4H3. The van der Waals surface area contributed by atoms with Crippen LogP contribution in [0.2, 0.25) is 0 Å². The van der Waals surface area contributed by atoms with E-state index < -0.39 is 0 Å². The third-order valence-electron chi connectivity index (χ3n) is 2.70. The van der Waals surface area contributed by atoms with Gasteiger partial charge in [-0.25, -0.2) is 0 Å². The van der Waals surface area contributed by atoms with Gasteiger partial charge in [0.2, 0.25) is 0 Å². The molecule has 1 rings (SSSR count). The van der Waals surface area contributed by atoms with E-state index >= 15 is 0 Å². The van der Waals surface area contributed by atoms with Crippen molar-refractivity contribution in [1.29, 1.82) is 0 Å². The van der Waals surface area contributed by atoms with Crippen molar-refractivity contribution in [2.24, 2.45) is 5.92 Å². The van der Waals surface area contributed by atoms with Gasteiger partial charge in [-0.05, 0) is 24.5 Å². The van der Waals surface area contributed by atoms with Crippen LogP contribution in [0.15, 0.2) is 12.1 Å². The van der Waals surface area contributed by atoms with Crippen molar-refractivity contribution in [3.63, 3.8) is 0 Å². The third kappa shape index (κ3) is 2.91. The van der Waals surface area contributed by atoms with E-state index in [1.807, 2.05) is 6.92 Å². The summed E-state index contributed by atoms with van der Waals surface area (Å²) in [4.78, 5) is 14.5. The first-order valence-electron chi connectivity index (χ1n) is 5.71. The highest BCUT2D eigenvalue weighted by atomic mass is 32.1. The molecule has 1 aromatic heterocycles. The third-order valence-corrected chi connectivity index (χ3v) is 4.01. The molecule has 84 valence electrons. The van der Waals surface area contributed by atoms with Gasteiger partial charge >= 0.3 is 0 Å². The molecular formula is C13H20OS. The monoisotopic (exact) mass is 224 g/mol. The molecule has 0 aliphatic rings. The Morgan fingerprint density at radius 2 is 2.00 bits per heavy atom. The summed E-state index contributed by atoms with van der Waals surface area (Å²) in [6.45, 7) is 8.36. The smallest absolute Gasteiger partial charge is 0.141 e. The Bertz CT molecular complexity index is 325. The van der Waals surface area contributed by atoms with Crippen LogP contribution in [-0.2, 0) is 11.2 Å². The maximum Gasteiger partial charge on any atom is 0.141 e. The van der Waals surface area contributed by atoms with Gasteiger partial charge in [-0.1, -0.05) is 27.7 Å². The average molecular weight is 224 g/mol. The van der Waals surface area contributed by atoms with Crippen molar-refractivity contribution in [1.82, 2.24) is 0 Å². The Labute approximate surface area is 96.5 Å². The molecule has 1 aromatic rings. The van der Waals surface area contributed by atoms with Gasteiger partial charge in [0.25, 0.3) is 0 Å². The normalized spacial score (nSPS) is 13.1. The fraction of sp³-hybridized carbons (Fsp3) is 0.615. The lowest BCUT2D eigenvalue weighted by atomic mass is 9.89. The molecule has 0 spiro atoms. The van der Waals surface area contributed by atoms with E-state index in [9.17, 15) is 4.79 Å². The van der Waals surface area contributed by atoms with E-state index in [1.54, 1.807) is 11.3 Å². The number of hydrogen-bond donors (Lipinski definition) is 0.